The number of hydrogen-bond donors (Lipinski definition) is 2. The van der Waals surface area contributed by atoms with Gasteiger partial charge >= 0.3 is 0 Å². The second kappa shape index (κ2) is 9.97. The van der Waals surface area contributed by atoms with Gasteiger partial charge in [0.15, 0.2) is 0 Å². The molecular formula is C23H27N3O5S. The van der Waals surface area contributed by atoms with Crippen LogP contribution in [0.5, 0.6) is 5.75 Å². The Balaban J connectivity index is 1.77. The van der Waals surface area contributed by atoms with Gasteiger partial charge in [-0.1, -0.05) is 12.1 Å². The minimum Gasteiger partial charge on any atom is -0.495 e. The van der Waals surface area contributed by atoms with Gasteiger partial charge in [0.2, 0.25) is 15.9 Å². The molecule has 0 saturated carbocycles. The Morgan fingerprint density at radius 1 is 1.12 bits per heavy atom. The van der Waals surface area contributed by atoms with E-state index in [1.807, 2.05) is 4.90 Å². The predicted molar refractivity (Wildman–Crippen MR) is 123 cm³/mol. The Morgan fingerprint density at radius 2 is 1.84 bits per heavy atom. The van der Waals surface area contributed by atoms with Gasteiger partial charge in [0.05, 0.1) is 7.11 Å². The summed E-state index contributed by atoms with van der Waals surface area (Å²) in [6, 6.07) is 9.86. The summed E-state index contributed by atoms with van der Waals surface area (Å²) in [7, 11) is -1.02. The molecule has 3 rings (SSSR count). The largest absolute Gasteiger partial charge is 0.495 e. The van der Waals surface area contributed by atoms with Gasteiger partial charge in [0.1, 0.15) is 10.6 Å². The highest BCUT2D eigenvalue weighted by atomic mass is 32.2. The molecule has 0 atom stereocenters. The molecule has 2 aromatic carbocycles. The van der Waals surface area contributed by atoms with Crippen LogP contribution in [0.1, 0.15) is 34.3 Å². The second-order valence-corrected chi connectivity index (χ2v) is 9.27. The molecule has 0 radical (unpaired) electrons. The lowest BCUT2D eigenvalue weighted by molar-refractivity contribution is -0.111. The predicted octanol–water partition coefficient (Wildman–Crippen LogP) is 2.80. The fraction of sp³-hybridized carbons (Fsp3) is 0.304. The first-order valence-electron chi connectivity index (χ1n) is 10.3. The fourth-order valence-corrected chi connectivity index (χ4v) is 4.48. The monoisotopic (exact) mass is 457 g/mol. The summed E-state index contributed by atoms with van der Waals surface area (Å²) >= 11 is 0. The molecule has 0 aliphatic carbocycles. The number of likely N-dealkylation sites (tertiary alicyclic amines) is 1. The number of sulfonamides is 1. The number of amides is 2. The third-order valence-electron chi connectivity index (χ3n) is 5.39. The van der Waals surface area contributed by atoms with Crippen molar-refractivity contribution in [1.29, 1.82) is 0 Å². The minimum absolute atomic E-state index is 0.0194. The maximum absolute atomic E-state index is 12.7. The Morgan fingerprint density at radius 3 is 2.50 bits per heavy atom. The summed E-state index contributed by atoms with van der Waals surface area (Å²) < 4.78 is 31.8. The Bertz CT molecular complexity index is 1150. The van der Waals surface area contributed by atoms with Crippen molar-refractivity contribution in [3.63, 3.8) is 0 Å². The van der Waals surface area contributed by atoms with Crippen LogP contribution in [-0.4, -0.2) is 52.4 Å². The van der Waals surface area contributed by atoms with Crippen molar-refractivity contribution in [2.75, 3.05) is 32.6 Å². The van der Waals surface area contributed by atoms with E-state index in [-0.39, 0.29) is 16.6 Å². The highest BCUT2D eigenvalue weighted by Gasteiger charge is 2.22. The molecule has 2 amide bonds. The van der Waals surface area contributed by atoms with E-state index in [1.54, 1.807) is 31.2 Å². The summed E-state index contributed by atoms with van der Waals surface area (Å²) in [6.45, 7) is 3.32. The number of hydrogen-bond acceptors (Lipinski definition) is 5. The van der Waals surface area contributed by atoms with Crippen molar-refractivity contribution in [3.8, 4) is 5.75 Å². The molecule has 2 N–H and O–H groups in total. The highest BCUT2D eigenvalue weighted by Crippen LogP contribution is 2.25. The zero-order valence-corrected chi connectivity index (χ0v) is 19.2. The average molecular weight is 458 g/mol. The van der Waals surface area contributed by atoms with Crippen LogP contribution in [0.3, 0.4) is 0 Å². The summed E-state index contributed by atoms with van der Waals surface area (Å²) in [4.78, 5) is 27.0. The van der Waals surface area contributed by atoms with E-state index in [2.05, 4.69) is 10.0 Å². The smallest absolute Gasteiger partial charge is 0.254 e. The van der Waals surface area contributed by atoms with Crippen LogP contribution in [0.25, 0.3) is 6.08 Å². The van der Waals surface area contributed by atoms with Gasteiger partial charge in [-0.2, -0.15) is 0 Å². The summed E-state index contributed by atoms with van der Waals surface area (Å²) in [5.74, 6) is -0.216. The first kappa shape index (κ1) is 23.5. The van der Waals surface area contributed by atoms with Gasteiger partial charge in [-0.15, -0.1) is 0 Å². The lowest BCUT2D eigenvalue weighted by Crippen LogP contribution is -2.28. The van der Waals surface area contributed by atoms with Gasteiger partial charge in [-0.3, -0.25) is 9.59 Å². The topological polar surface area (TPSA) is 105 Å². The molecule has 1 fully saturated rings. The molecule has 9 heteroatoms. The average Bonchev–Trinajstić information content (AvgIpc) is 3.33. The molecule has 1 heterocycles. The molecule has 0 bridgehead atoms. The third-order valence-corrected chi connectivity index (χ3v) is 6.82. The van der Waals surface area contributed by atoms with Crippen molar-refractivity contribution >= 4 is 33.6 Å². The molecule has 1 saturated heterocycles. The fourth-order valence-electron chi connectivity index (χ4n) is 3.56. The number of carbonyl (C=O) groups excluding carboxylic acids is 2. The van der Waals surface area contributed by atoms with Gasteiger partial charge < -0.3 is 15.0 Å². The van der Waals surface area contributed by atoms with E-state index >= 15 is 0 Å². The van der Waals surface area contributed by atoms with Crippen molar-refractivity contribution < 1.29 is 22.7 Å². The number of nitrogens with one attached hydrogen (secondary N) is 2. The Labute approximate surface area is 188 Å². The van der Waals surface area contributed by atoms with E-state index in [0.29, 0.717) is 22.4 Å². The minimum atomic E-state index is -3.72. The normalized spacial score (nSPS) is 14.0. The van der Waals surface area contributed by atoms with Gasteiger partial charge in [-0.25, -0.2) is 13.1 Å². The molecule has 0 unspecified atom stereocenters. The Hall–Kier alpha value is -3.17. The Kier molecular flexibility index (Phi) is 7.32. The van der Waals surface area contributed by atoms with E-state index in [9.17, 15) is 18.0 Å². The number of methoxy groups -OCH3 is 1. The van der Waals surface area contributed by atoms with Crippen LogP contribution < -0.4 is 14.8 Å². The number of rotatable bonds is 7. The van der Waals surface area contributed by atoms with Crippen molar-refractivity contribution in [1.82, 2.24) is 9.62 Å². The van der Waals surface area contributed by atoms with Crippen LogP contribution in [0.2, 0.25) is 0 Å². The summed E-state index contributed by atoms with van der Waals surface area (Å²) in [5, 5.41) is 2.79. The molecule has 0 aromatic heterocycles. The number of nitrogens with zero attached hydrogens (tertiary/aromatic N) is 1. The van der Waals surface area contributed by atoms with E-state index < -0.39 is 15.9 Å². The van der Waals surface area contributed by atoms with E-state index in [0.717, 1.165) is 25.9 Å². The van der Waals surface area contributed by atoms with Gasteiger partial charge in [0.25, 0.3) is 5.91 Å². The van der Waals surface area contributed by atoms with E-state index in [1.165, 1.54) is 38.4 Å². The maximum atomic E-state index is 12.7. The number of ether oxygens (including phenoxy) is 1. The van der Waals surface area contributed by atoms with Crippen LogP contribution in [0.4, 0.5) is 5.69 Å². The molecule has 170 valence electrons. The quantitative estimate of drug-likeness (QED) is 0.622. The standard InChI is InChI=1S/C23H27N3O5S/c1-16-18(23(28)26-13-4-5-14-26)7-6-8-19(16)25-22(27)12-10-17-9-11-20(31-3)21(15-17)32(29,30)24-2/h6-12,15,24H,4-5,13-14H2,1-3H3,(H,25,27)/b12-10+. The molecule has 1 aliphatic heterocycles. The van der Waals surface area contributed by atoms with Gasteiger partial charge in [-0.05, 0) is 68.3 Å². The first-order chi connectivity index (χ1) is 15.3. The van der Waals surface area contributed by atoms with Crippen molar-refractivity contribution in [3.05, 3.63) is 59.2 Å². The number of anilines is 1. The van der Waals surface area contributed by atoms with Crippen LogP contribution >= 0.6 is 0 Å². The van der Waals surface area contributed by atoms with Crippen LogP contribution in [-0.2, 0) is 14.8 Å². The zero-order chi connectivity index (χ0) is 23.3. The maximum Gasteiger partial charge on any atom is 0.254 e. The van der Waals surface area contributed by atoms with Crippen LogP contribution in [0, 0.1) is 6.92 Å². The SMILES string of the molecule is CNS(=O)(=O)c1cc(/C=C/C(=O)Nc2cccc(C(=O)N3CCCC3)c2C)ccc1OC. The molecule has 2 aromatic rings. The number of carbonyl (C=O) groups is 2. The molecule has 32 heavy (non-hydrogen) atoms. The molecular weight excluding hydrogens is 430 g/mol. The van der Waals surface area contributed by atoms with E-state index in [4.69, 9.17) is 4.74 Å². The van der Waals surface area contributed by atoms with Crippen molar-refractivity contribution in [2.45, 2.75) is 24.7 Å². The molecule has 1 aliphatic rings. The first-order valence-corrected chi connectivity index (χ1v) is 11.7. The lowest BCUT2D eigenvalue weighted by Gasteiger charge is -2.18. The van der Waals surface area contributed by atoms with Crippen molar-refractivity contribution in [2.24, 2.45) is 0 Å². The second-order valence-electron chi connectivity index (χ2n) is 7.42. The zero-order valence-electron chi connectivity index (χ0n) is 18.3. The third kappa shape index (κ3) is 5.17. The highest BCUT2D eigenvalue weighted by molar-refractivity contribution is 7.89. The molecule has 8 nitrogen and oxygen atoms in total. The van der Waals surface area contributed by atoms with Gasteiger partial charge in [0, 0.05) is 30.4 Å². The summed E-state index contributed by atoms with van der Waals surface area (Å²) in [6.07, 6.45) is 4.84. The molecule has 0 spiro atoms. The number of benzene rings is 2. The lowest BCUT2D eigenvalue weighted by atomic mass is 10.1. The van der Waals surface area contributed by atoms with Crippen LogP contribution in [0.15, 0.2) is 47.4 Å². The summed E-state index contributed by atoms with van der Waals surface area (Å²) in [5.41, 5.74) is 2.35.